The van der Waals surface area contributed by atoms with Crippen LogP contribution >= 0.6 is 15.9 Å². The third-order valence-corrected chi connectivity index (χ3v) is 4.88. The SMILES string of the molecule is C[C@@H]1C(=O)N(Cc2ccc(Br)c3cccnc23)C(=O)[C@@H]1C. The minimum Gasteiger partial charge on any atom is -0.278 e. The van der Waals surface area contributed by atoms with Crippen LogP contribution in [0.25, 0.3) is 10.9 Å². The van der Waals surface area contributed by atoms with Gasteiger partial charge in [-0.1, -0.05) is 41.9 Å². The van der Waals surface area contributed by atoms with Crippen molar-refractivity contribution < 1.29 is 9.59 Å². The van der Waals surface area contributed by atoms with Crippen molar-refractivity contribution in [2.45, 2.75) is 20.4 Å². The minimum atomic E-state index is -0.243. The van der Waals surface area contributed by atoms with Gasteiger partial charge in [-0.3, -0.25) is 19.5 Å². The summed E-state index contributed by atoms with van der Waals surface area (Å²) in [4.78, 5) is 30.2. The molecule has 1 aromatic heterocycles. The Bertz CT molecular complexity index is 724. The molecule has 2 atom stereocenters. The summed E-state index contributed by atoms with van der Waals surface area (Å²) < 4.78 is 0.954. The first-order chi connectivity index (χ1) is 10.0. The molecule has 0 N–H and O–H groups in total. The number of carbonyl (C=O) groups is 2. The van der Waals surface area contributed by atoms with Gasteiger partial charge in [0.2, 0.25) is 11.8 Å². The Balaban J connectivity index is 2.02. The quantitative estimate of drug-likeness (QED) is 0.785. The van der Waals surface area contributed by atoms with Crippen molar-refractivity contribution in [3.8, 4) is 0 Å². The Morgan fingerprint density at radius 1 is 1.14 bits per heavy atom. The van der Waals surface area contributed by atoms with E-state index in [0.29, 0.717) is 0 Å². The Morgan fingerprint density at radius 2 is 1.81 bits per heavy atom. The Morgan fingerprint density at radius 3 is 2.48 bits per heavy atom. The molecule has 0 bridgehead atoms. The number of benzene rings is 1. The van der Waals surface area contributed by atoms with Gasteiger partial charge in [-0.25, -0.2) is 0 Å². The topological polar surface area (TPSA) is 50.3 Å². The van der Waals surface area contributed by atoms with Crippen LogP contribution in [0.2, 0.25) is 0 Å². The number of hydrogen-bond donors (Lipinski definition) is 0. The molecule has 1 saturated heterocycles. The Labute approximate surface area is 131 Å². The summed E-state index contributed by atoms with van der Waals surface area (Å²) in [7, 11) is 0. The molecule has 108 valence electrons. The number of fused-ring (bicyclic) bond motifs is 1. The van der Waals surface area contributed by atoms with E-state index < -0.39 is 0 Å². The number of rotatable bonds is 2. The lowest BCUT2D eigenvalue weighted by atomic mass is 10.00. The zero-order valence-corrected chi connectivity index (χ0v) is 13.4. The molecule has 1 aliphatic heterocycles. The molecule has 0 radical (unpaired) electrons. The summed E-state index contributed by atoms with van der Waals surface area (Å²) in [6, 6.07) is 7.67. The van der Waals surface area contributed by atoms with E-state index in [9.17, 15) is 9.59 Å². The van der Waals surface area contributed by atoms with Crippen LogP contribution in [0.3, 0.4) is 0 Å². The van der Waals surface area contributed by atoms with Crippen molar-refractivity contribution in [2.24, 2.45) is 11.8 Å². The first-order valence-electron chi connectivity index (χ1n) is 6.88. The molecule has 2 aromatic rings. The second-order valence-corrected chi connectivity index (χ2v) is 6.30. The van der Waals surface area contributed by atoms with E-state index in [-0.39, 0.29) is 30.2 Å². The predicted molar refractivity (Wildman–Crippen MR) is 83.3 cm³/mol. The van der Waals surface area contributed by atoms with E-state index in [0.717, 1.165) is 20.9 Å². The number of pyridine rings is 1. The second-order valence-electron chi connectivity index (χ2n) is 5.45. The smallest absolute Gasteiger partial charge is 0.233 e. The van der Waals surface area contributed by atoms with Gasteiger partial charge in [0.15, 0.2) is 0 Å². The van der Waals surface area contributed by atoms with Crippen molar-refractivity contribution in [1.29, 1.82) is 0 Å². The van der Waals surface area contributed by atoms with Crippen LogP contribution in [-0.2, 0) is 16.1 Å². The lowest BCUT2D eigenvalue weighted by Gasteiger charge is -2.16. The number of carbonyl (C=O) groups excluding carboxylic acids is 2. The third-order valence-electron chi connectivity index (χ3n) is 4.19. The molecule has 1 aromatic carbocycles. The molecule has 5 heteroatoms. The lowest BCUT2D eigenvalue weighted by Crippen LogP contribution is -2.30. The van der Waals surface area contributed by atoms with Gasteiger partial charge in [0.1, 0.15) is 0 Å². The van der Waals surface area contributed by atoms with Gasteiger partial charge in [-0.15, -0.1) is 0 Å². The summed E-state index contributed by atoms with van der Waals surface area (Å²) in [6.45, 7) is 3.90. The van der Waals surface area contributed by atoms with Gasteiger partial charge in [0, 0.05) is 27.9 Å². The Kier molecular flexibility index (Phi) is 3.53. The largest absolute Gasteiger partial charge is 0.278 e. The molecule has 1 aliphatic rings. The normalized spacial score (nSPS) is 22.3. The van der Waals surface area contributed by atoms with Crippen LogP contribution in [0, 0.1) is 11.8 Å². The summed E-state index contributed by atoms with van der Waals surface area (Å²) in [5.74, 6) is -0.682. The highest BCUT2D eigenvalue weighted by molar-refractivity contribution is 9.10. The van der Waals surface area contributed by atoms with Crippen molar-refractivity contribution in [3.63, 3.8) is 0 Å². The summed E-state index contributed by atoms with van der Waals surface area (Å²) in [6.07, 6.45) is 1.72. The number of hydrogen-bond acceptors (Lipinski definition) is 3. The molecule has 4 nitrogen and oxygen atoms in total. The summed E-state index contributed by atoms with van der Waals surface area (Å²) in [5, 5.41) is 0.982. The van der Waals surface area contributed by atoms with Crippen LogP contribution in [0.4, 0.5) is 0 Å². The van der Waals surface area contributed by atoms with E-state index in [1.165, 1.54) is 4.90 Å². The number of likely N-dealkylation sites (tertiary alicyclic amines) is 1. The van der Waals surface area contributed by atoms with Crippen LogP contribution in [0.1, 0.15) is 19.4 Å². The maximum atomic E-state index is 12.2. The van der Waals surface area contributed by atoms with Crippen LogP contribution < -0.4 is 0 Å². The average Bonchev–Trinajstić information content (AvgIpc) is 2.68. The molecular formula is C16H15BrN2O2. The fourth-order valence-electron chi connectivity index (χ4n) is 2.68. The third kappa shape index (κ3) is 2.25. The van der Waals surface area contributed by atoms with Crippen LogP contribution in [0.15, 0.2) is 34.9 Å². The fourth-order valence-corrected chi connectivity index (χ4v) is 3.13. The summed E-state index contributed by atoms with van der Waals surface area (Å²) >= 11 is 3.50. The highest BCUT2D eigenvalue weighted by Crippen LogP contribution is 2.30. The monoisotopic (exact) mass is 346 g/mol. The average molecular weight is 347 g/mol. The van der Waals surface area contributed by atoms with Crippen LogP contribution in [0.5, 0.6) is 0 Å². The van der Waals surface area contributed by atoms with Crippen molar-refractivity contribution >= 4 is 38.6 Å². The van der Waals surface area contributed by atoms with Gasteiger partial charge in [0.05, 0.1) is 12.1 Å². The Hall–Kier alpha value is -1.75. The minimum absolute atomic E-state index is 0.0977. The molecular weight excluding hydrogens is 332 g/mol. The number of amides is 2. The summed E-state index contributed by atoms with van der Waals surface area (Å²) in [5.41, 5.74) is 1.71. The molecule has 21 heavy (non-hydrogen) atoms. The van der Waals surface area contributed by atoms with Crippen molar-refractivity contribution in [3.05, 3.63) is 40.5 Å². The molecule has 2 amide bonds. The molecule has 0 saturated carbocycles. The number of halogens is 1. The standard InChI is InChI=1S/C16H15BrN2O2/c1-9-10(2)16(21)19(15(9)20)8-11-5-6-13(17)12-4-3-7-18-14(11)12/h3-7,9-10H,8H2,1-2H3/t9-,10+. The van der Waals surface area contributed by atoms with Gasteiger partial charge in [-0.05, 0) is 17.7 Å². The van der Waals surface area contributed by atoms with Gasteiger partial charge in [-0.2, -0.15) is 0 Å². The van der Waals surface area contributed by atoms with Gasteiger partial charge < -0.3 is 0 Å². The van der Waals surface area contributed by atoms with Crippen molar-refractivity contribution in [1.82, 2.24) is 9.88 Å². The molecule has 0 unspecified atom stereocenters. The highest BCUT2D eigenvalue weighted by Gasteiger charge is 2.42. The maximum Gasteiger partial charge on any atom is 0.233 e. The lowest BCUT2D eigenvalue weighted by molar-refractivity contribution is -0.140. The zero-order valence-electron chi connectivity index (χ0n) is 11.8. The van der Waals surface area contributed by atoms with E-state index in [1.807, 2.05) is 38.1 Å². The van der Waals surface area contributed by atoms with Gasteiger partial charge in [0.25, 0.3) is 0 Å². The van der Waals surface area contributed by atoms with E-state index in [2.05, 4.69) is 20.9 Å². The van der Waals surface area contributed by atoms with E-state index >= 15 is 0 Å². The first-order valence-corrected chi connectivity index (χ1v) is 7.67. The first kappa shape index (κ1) is 14.2. The van der Waals surface area contributed by atoms with E-state index in [4.69, 9.17) is 0 Å². The second kappa shape index (κ2) is 5.22. The number of imide groups is 1. The van der Waals surface area contributed by atoms with Gasteiger partial charge >= 0.3 is 0 Å². The molecule has 3 rings (SSSR count). The highest BCUT2D eigenvalue weighted by atomic mass is 79.9. The van der Waals surface area contributed by atoms with Crippen molar-refractivity contribution in [2.75, 3.05) is 0 Å². The molecule has 2 heterocycles. The molecule has 0 spiro atoms. The van der Waals surface area contributed by atoms with Crippen LogP contribution in [-0.4, -0.2) is 21.7 Å². The predicted octanol–water partition coefficient (Wildman–Crippen LogP) is 3.14. The molecule has 0 aliphatic carbocycles. The molecule has 1 fully saturated rings. The number of aromatic nitrogens is 1. The number of nitrogens with zero attached hydrogens (tertiary/aromatic N) is 2. The maximum absolute atomic E-state index is 12.2. The zero-order chi connectivity index (χ0) is 15.1. The van der Waals surface area contributed by atoms with E-state index in [1.54, 1.807) is 6.20 Å². The fraction of sp³-hybridized carbons (Fsp3) is 0.312.